The molecule has 100 valence electrons. The molecule has 1 saturated carbocycles. The van der Waals surface area contributed by atoms with Gasteiger partial charge in [-0.1, -0.05) is 18.2 Å². The lowest BCUT2D eigenvalue weighted by Gasteiger charge is -2.37. The summed E-state index contributed by atoms with van der Waals surface area (Å²) in [7, 11) is 1.74. The minimum absolute atomic E-state index is 0.602. The summed E-state index contributed by atoms with van der Waals surface area (Å²) < 4.78 is 5.42. The predicted octanol–water partition coefficient (Wildman–Crippen LogP) is 2.45. The van der Waals surface area contributed by atoms with Crippen molar-refractivity contribution in [2.24, 2.45) is 0 Å². The quantitative estimate of drug-likeness (QED) is 0.865. The third-order valence-corrected chi connectivity index (χ3v) is 3.87. The lowest BCUT2D eigenvalue weighted by atomic mass is 9.75. The number of nitrogens with zero attached hydrogens (tertiary/aromatic N) is 1. The first-order chi connectivity index (χ1) is 9.36. The first-order valence-corrected chi connectivity index (χ1v) is 6.71. The second kappa shape index (κ2) is 5.45. The summed E-state index contributed by atoms with van der Waals surface area (Å²) in [6.07, 6.45) is 6.16. The topological polar surface area (TPSA) is 49.9 Å². The van der Waals surface area contributed by atoms with Crippen molar-refractivity contribution in [2.45, 2.75) is 31.3 Å². The lowest BCUT2D eigenvalue weighted by molar-refractivity contribution is 0.282. The van der Waals surface area contributed by atoms with Gasteiger partial charge in [0, 0.05) is 24.3 Å². The van der Waals surface area contributed by atoms with Gasteiger partial charge < -0.3 is 10.1 Å². The van der Waals surface area contributed by atoms with Crippen molar-refractivity contribution in [2.75, 3.05) is 7.11 Å². The molecule has 4 heteroatoms. The highest BCUT2D eigenvalue weighted by atomic mass is 16.5. The van der Waals surface area contributed by atoms with Crippen molar-refractivity contribution in [1.29, 1.82) is 0 Å². The number of rotatable bonds is 5. The fraction of sp³-hybridized carbons (Fsp3) is 0.400. The van der Waals surface area contributed by atoms with Crippen LogP contribution in [0.15, 0.2) is 36.7 Å². The molecule has 2 N–H and O–H groups in total. The van der Waals surface area contributed by atoms with Gasteiger partial charge >= 0.3 is 0 Å². The summed E-state index contributed by atoms with van der Waals surface area (Å²) in [4.78, 5) is 0. The number of hydrogen-bond acceptors (Lipinski definition) is 3. The Kier molecular flexibility index (Phi) is 3.51. The molecule has 0 radical (unpaired) electrons. The molecule has 4 nitrogen and oxygen atoms in total. The predicted molar refractivity (Wildman–Crippen MR) is 74.2 cm³/mol. The normalized spacial score (nSPS) is 21.9. The zero-order chi connectivity index (χ0) is 13.1. The third-order valence-electron chi connectivity index (χ3n) is 3.87. The third kappa shape index (κ3) is 2.63. The van der Waals surface area contributed by atoms with E-state index in [1.807, 2.05) is 24.5 Å². The number of hydrogen-bond donors (Lipinski definition) is 2. The molecule has 0 unspecified atom stereocenters. The van der Waals surface area contributed by atoms with Gasteiger partial charge in [-0.3, -0.25) is 5.10 Å². The zero-order valence-electron chi connectivity index (χ0n) is 11.1. The maximum atomic E-state index is 5.42. The van der Waals surface area contributed by atoms with E-state index < -0.39 is 0 Å². The highest BCUT2D eigenvalue weighted by Gasteiger charge is 2.31. The van der Waals surface area contributed by atoms with Gasteiger partial charge in [-0.05, 0) is 30.4 Å². The average molecular weight is 257 g/mol. The van der Waals surface area contributed by atoms with E-state index in [9.17, 15) is 0 Å². The van der Waals surface area contributed by atoms with Gasteiger partial charge in [0.2, 0.25) is 0 Å². The van der Waals surface area contributed by atoms with Crippen LogP contribution in [0, 0.1) is 0 Å². The number of para-hydroxylation sites is 1. The van der Waals surface area contributed by atoms with Crippen LogP contribution in [0.25, 0.3) is 0 Å². The monoisotopic (exact) mass is 257 g/mol. The molecule has 3 rings (SSSR count). The van der Waals surface area contributed by atoms with Crippen LogP contribution >= 0.6 is 0 Å². The van der Waals surface area contributed by atoms with Crippen molar-refractivity contribution in [3.63, 3.8) is 0 Å². The number of nitrogens with one attached hydrogen (secondary N) is 2. The number of aromatic amines is 1. The van der Waals surface area contributed by atoms with Gasteiger partial charge in [-0.2, -0.15) is 5.10 Å². The van der Waals surface area contributed by atoms with E-state index >= 15 is 0 Å². The molecule has 0 amide bonds. The van der Waals surface area contributed by atoms with E-state index in [1.165, 1.54) is 24.0 Å². The van der Waals surface area contributed by atoms with Gasteiger partial charge in [0.25, 0.3) is 0 Å². The van der Waals surface area contributed by atoms with Gasteiger partial charge in [0.05, 0.1) is 13.3 Å². The van der Waals surface area contributed by atoms with E-state index in [-0.39, 0.29) is 0 Å². The Morgan fingerprint density at radius 1 is 1.37 bits per heavy atom. The van der Waals surface area contributed by atoms with E-state index in [0.29, 0.717) is 12.0 Å². The summed E-state index contributed by atoms with van der Waals surface area (Å²) in [5.74, 6) is 1.64. The average Bonchev–Trinajstić information content (AvgIpc) is 2.90. The minimum Gasteiger partial charge on any atom is -0.496 e. The van der Waals surface area contributed by atoms with Crippen molar-refractivity contribution in [3.05, 3.63) is 47.8 Å². The Bertz CT molecular complexity index is 518. The molecule has 1 aromatic carbocycles. The van der Waals surface area contributed by atoms with Crippen LogP contribution in [0.5, 0.6) is 5.75 Å². The SMILES string of the molecule is COc1ccccc1C1CC(NCc2cn[nH]c2)C1. The van der Waals surface area contributed by atoms with Crippen molar-refractivity contribution >= 4 is 0 Å². The molecule has 1 aromatic heterocycles. The zero-order valence-corrected chi connectivity index (χ0v) is 11.1. The molecule has 1 fully saturated rings. The Hall–Kier alpha value is -1.81. The number of methoxy groups -OCH3 is 1. The first kappa shape index (κ1) is 12.2. The molecule has 0 spiro atoms. The molecule has 0 atom stereocenters. The number of aromatic nitrogens is 2. The summed E-state index contributed by atoms with van der Waals surface area (Å²) in [6, 6.07) is 8.93. The maximum absolute atomic E-state index is 5.42. The number of benzene rings is 1. The van der Waals surface area contributed by atoms with Crippen molar-refractivity contribution in [3.8, 4) is 5.75 Å². The van der Waals surface area contributed by atoms with E-state index in [2.05, 4.69) is 27.6 Å². The van der Waals surface area contributed by atoms with Crippen LogP contribution < -0.4 is 10.1 Å². The van der Waals surface area contributed by atoms with Crippen LogP contribution in [0.2, 0.25) is 0 Å². The summed E-state index contributed by atoms with van der Waals surface area (Å²) >= 11 is 0. The van der Waals surface area contributed by atoms with Crippen molar-refractivity contribution in [1.82, 2.24) is 15.5 Å². The summed E-state index contributed by atoms with van der Waals surface area (Å²) in [5.41, 5.74) is 2.55. The van der Waals surface area contributed by atoms with Crippen LogP contribution in [0.1, 0.15) is 29.9 Å². The molecule has 1 aliphatic carbocycles. The molecule has 1 aliphatic rings. The Balaban J connectivity index is 1.52. The first-order valence-electron chi connectivity index (χ1n) is 6.71. The van der Waals surface area contributed by atoms with Gasteiger partial charge in [0.1, 0.15) is 5.75 Å². The van der Waals surface area contributed by atoms with Crippen LogP contribution in [-0.4, -0.2) is 23.3 Å². The molecular weight excluding hydrogens is 238 g/mol. The van der Waals surface area contributed by atoms with Crippen LogP contribution in [0.4, 0.5) is 0 Å². The Morgan fingerprint density at radius 2 is 2.21 bits per heavy atom. The molecule has 1 heterocycles. The summed E-state index contributed by atoms with van der Waals surface area (Å²) in [5, 5.41) is 10.3. The molecule has 0 aliphatic heterocycles. The highest BCUT2D eigenvalue weighted by molar-refractivity contribution is 5.37. The second-order valence-corrected chi connectivity index (χ2v) is 5.09. The van der Waals surface area contributed by atoms with E-state index in [0.717, 1.165) is 12.3 Å². The summed E-state index contributed by atoms with van der Waals surface area (Å²) in [6.45, 7) is 0.889. The van der Waals surface area contributed by atoms with Gasteiger partial charge in [-0.25, -0.2) is 0 Å². The van der Waals surface area contributed by atoms with Crippen molar-refractivity contribution < 1.29 is 4.74 Å². The molecule has 2 aromatic rings. The highest BCUT2D eigenvalue weighted by Crippen LogP contribution is 2.40. The number of H-pyrrole nitrogens is 1. The number of ether oxygens (including phenoxy) is 1. The Morgan fingerprint density at radius 3 is 2.95 bits per heavy atom. The minimum atomic E-state index is 0.602. The van der Waals surface area contributed by atoms with E-state index in [1.54, 1.807) is 7.11 Å². The van der Waals surface area contributed by atoms with Crippen LogP contribution in [-0.2, 0) is 6.54 Å². The fourth-order valence-electron chi connectivity index (χ4n) is 2.68. The lowest BCUT2D eigenvalue weighted by Crippen LogP contribution is -2.39. The molecular formula is C15H19N3O. The van der Waals surface area contributed by atoms with Crippen LogP contribution in [0.3, 0.4) is 0 Å². The van der Waals surface area contributed by atoms with E-state index in [4.69, 9.17) is 4.74 Å². The smallest absolute Gasteiger partial charge is 0.122 e. The molecule has 19 heavy (non-hydrogen) atoms. The largest absolute Gasteiger partial charge is 0.496 e. The standard InChI is InChI=1S/C15H19N3O/c1-19-15-5-3-2-4-14(15)12-6-13(7-12)16-8-11-9-17-18-10-11/h2-5,9-10,12-13,16H,6-8H2,1H3,(H,17,18). The second-order valence-electron chi connectivity index (χ2n) is 5.09. The molecule has 0 bridgehead atoms. The van der Waals surface area contributed by atoms with Gasteiger partial charge in [0.15, 0.2) is 0 Å². The Labute approximate surface area is 113 Å². The molecule has 0 saturated heterocycles. The fourth-order valence-corrected chi connectivity index (χ4v) is 2.68. The van der Waals surface area contributed by atoms with Gasteiger partial charge in [-0.15, -0.1) is 0 Å². The maximum Gasteiger partial charge on any atom is 0.122 e.